The molecule has 1 aliphatic carbocycles. The molecule has 68 valence electrons. The predicted molar refractivity (Wildman–Crippen MR) is 47.2 cm³/mol. The van der Waals surface area contributed by atoms with Crippen LogP contribution in [0.4, 0.5) is 0 Å². The molecule has 0 radical (unpaired) electrons. The number of aliphatic hydroxyl groups excluding tert-OH is 1. The first kappa shape index (κ1) is 9.54. The molecular weight excluding hydrogens is 150 g/mol. The molecule has 0 aromatic rings. The van der Waals surface area contributed by atoms with E-state index < -0.39 is 0 Å². The Hall–Kier alpha value is -0.550. The average Bonchev–Trinajstić information content (AvgIpc) is 2.45. The van der Waals surface area contributed by atoms with Crippen LogP contribution in [0.25, 0.3) is 0 Å². The maximum Gasteiger partial charge on any atom is 0.0661 e. The molecule has 0 aliphatic heterocycles. The maximum absolute atomic E-state index is 8.99. The van der Waals surface area contributed by atoms with Crippen LogP contribution in [0.15, 0.2) is 0 Å². The van der Waals surface area contributed by atoms with E-state index in [2.05, 4.69) is 13.0 Å². The van der Waals surface area contributed by atoms with E-state index in [4.69, 9.17) is 10.4 Å². The molecule has 0 amide bonds. The highest BCUT2D eigenvalue weighted by Gasteiger charge is 2.36. The van der Waals surface area contributed by atoms with Crippen molar-refractivity contribution in [3.63, 3.8) is 0 Å². The summed E-state index contributed by atoms with van der Waals surface area (Å²) in [4.78, 5) is 0. The van der Waals surface area contributed by atoms with E-state index >= 15 is 0 Å². The van der Waals surface area contributed by atoms with Gasteiger partial charge in [-0.3, -0.25) is 0 Å². The zero-order chi connectivity index (χ0) is 9.14. The van der Waals surface area contributed by atoms with E-state index in [0.717, 1.165) is 12.8 Å². The van der Waals surface area contributed by atoms with E-state index in [1.807, 2.05) is 6.92 Å². The first-order valence-corrected chi connectivity index (χ1v) is 4.71. The molecule has 12 heavy (non-hydrogen) atoms. The summed E-state index contributed by atoms with van der Waals surface area (Å²) < 4.78 is 0. The van der Waals surface area contributed by atoms with Gasteiger partial charge in [-0.25, -0.2) is 0 Å². The minimum Gasteiger partial charge on any atom is -0.396 e. The van der Waals surface area contributed by atoms with Crippen LogP contribution in [0.1, 0.15) is 26.7 Å². The van der Waals surface area contributed by atoms with E-state index in [1.165, 1.54) is 0 Å². The third-order valence-corrected chi connectivity index (χ3v) is 3.20. The van der Waals surface area contributed by atoms with Crippen molar-refractivity contribution in [1.29, 1.82) is 5.26 Å². The van der Waals surface area contributed by atoms with Crippen LogP contribution in [-0.2, 0) is 0 Å². The number of hydrogen-bond acceptors (Lipinski definition) is 2. The Balaban J connectivity index is 2.61. The molecule has 4 unspecified atom stereocenters. The van der Waals surface area contributed by atoms with E-state index in [0.29, 0.717) is 17.8 Å². The molecule has 1 saturated carbocycles. The van der Waals surface area contributed by atoms with Gasteiger partial charge in [0.25, 0.3) is 0 Å². The second-order valence-electron chi connectivity index (χ2n) is 4.03. The molecule has 0 spiro atoms. The molecule has 1 rings (SSSR count). The monoisotopic (exact) mass is 167 g/mol. The van der Waals surface area contributed by atoms with Gasteiger partial charge in [0, 0.05) is 6.61 Å². The molecule has 0 heterocycles. The van der Waals surface area contributed by atoms with E-state index in [1.54, 1.807) is 0 Å². The smallest absolute Gasteiger partial charge is 0.0661 e. The lowest BCUT2D eigenvalue weighted by atomic mass is 9.84. The quantitative estimate of drug-likeness (QED) is 0.681. The summed E-state index contributed by atoms with van der Waals surface area (Å²) in [6, 6.07) is 2.37. The largest absolute Gasteiger partial charge is 0.396 e. The minimum atomic E-state index is 0.173. The van der Waals surface area contributed by atoms with Crippen molar-refractivity contribution in [3.05, 3.63) is 0 Å². The van der Waals surface area contributed by atoms with E-state index in [9.17, 15) is 0 Å². The van der Waals surface area contributed by atoms with Gasteiger partial charge in [-0.1, -0.05) is 13.8 Å². The summed E-state index contributed by atoms with van der Waals surface area (Å²) in [5.74, 6) is 1.41. The highest BCUT2D eigenvalue weighted by atomic mass is 16.3. The zero-order valence-corrected chi connectivity index (χ0v) is 7.83. The highest BCUT2D eigenvalue weighted by molar-refractivity contribution is 4.97. The molecule has 1 fully saturated rings. The van der Waals surface area contributed by atoms with Crippen LogP contribution in [0.2, 0.25) is 0 Å². The topological polar surface area (TPSA) is 44.0 Å². The van der Waals surface area contributed by atoms with Gasteiger partial charge in [0.05, 0.1) is 12.0 Å². The summed E-state index contributed by atoms with van der Waals surface area (Å²) in [6.45, 7) is 4.39. The lowest BCUT2D eigenvalue weighted by Gasteiger charge is -2.20. The minimum absolute atomic E-state index is 0.173. The van der Waals surface area contributed by atoms with Gasteiger partial charge in [0.1, 0.15) is 0 Å². The molecule has 0 bridgehead atoms. The van der Waals surface area contributed by atoms with Crippen molar-refractivity contribution >= 4 is 0 Å². The third-order valence-electron chi connectivity index (χ3n) is 3.20. The number of nitriles is 1. The standard InChI is InChI=1S/C10H17NO/c1-7-3-4-9(8(2)6-12)10(7)5-11/h7-10,12H,3-4,6H2,1-2H3. The second kappa shape index (κ2) is 3.91. The lowest BCUT2D eigenvalue weighted by Crippen LogP contribution is -2.20. The first-order valence-electron chi connectivity index (χ1n) is 4.71. The molecule has 4 atom stereocenters. The van der Waals surface area contributed by atoms with Gasteiger partial charge in [0.2, 0.25) is 0 Å². The predicted octanol–water partition coefficient (Wildman–Crippen LogP) is 1.80. The van der Waals surface area contributed by atoms with Crippen LogP contribution < -0.4 is 0 Å². The normalized spacial score (nSPS) is 37.7. The van der Waals surface area contributed by atoms with Gasteiger partial charge >= 0.3 is 0 Å². The maximum atomic E-state index is 8.99. The molecule has 0 aromatic carbocycles. The van der Waals surface area contributed by atoms with Gasteiger partial charge in [-0.2, -0.15) is 5.26 Å². The van der Waals surface area contributed by atoms with Gasteiger partial charge in [-0.05, 0) is 30.6 Å². The zero-order valence-electron chi connectivity index (χ0n) is 7.83. The summed E-state index contributed by atoms with van der Waals surface area (Å²) in [6.07, 6.45) is 2.26. The summed E-state index contributed by atoms with van der Waals surface area (Å²) >= 11 is 0. The Labute approximate surface area is 74.2 Å². The van der Waals surface area contributed by atoms with Crippen molar-refractivity contribution in [2.45, 2.75) is 26.7 Å². The van der Waals surface area contributed by atoms with Crippen LogP contribution in [-0.4, -0.2) is 11.7 Å². The van der Waals surface area contributed by atoms with Crippen molar-refractivity contribution in [1.82, 2.24) is 0 Å². The molecule has 2 heteroatoms. The van der Waals surface area contributed by atoms with E-state index in [-0.39, 0.29) is 12.5 Å². The molecular formula is C10H17NO. The molecule has 1 aliphatic rings. The molecule has 0 saturated heterocycles. The Kier molecular flexibility index (Phi) is 3.11. The molecule has 2 nitrogen and oxygen atoms in total. The number of hydrogen-bond donors (Lipinski definition) is 1. The average molecular weight is 167 g/mol. The Morgan fingerprint density at radius 2 is 2.25 bits per heavy atom. The Morgan fingerprint density at radius 3 is 2.75 bits per heavy atom. The summed E-state index contributed by atoms with van der Waals surface area (Å²) in [5, 5.41) is 17.9. The van der Waals surface area contributed by atoms with Crippen molar-refractivity contribution < 1.29 is 5.11 Å². The van der Waals surface area contributed by atoms with Crippen molar-refractivity contribution in [3.8, 4) is 6.07 Å². The summed E-state index contributed by atoms with van der Waals surface area (Å²) in [7, 11) is 0. The Morgan fingerprint density at radius 1 is 1.58 bits per heavy atom. The van der Waals surface area contributed by atoms with Crippen molar-refractivity contribution in [2.24, 2.45) is 23.7 Å². The third kappa shape index (κ3) is 1.61. The van der Waals surface area contributed by atoms with Gasteiger partial charge in [-0.15, -0.1) is 0 Å². The van der Waals surface area contributed by atoms with Crippen LogP contribution in [0.5, 0.6) is 0 Å². The fourth-order valence-electron chi connectivity index (χ4n) is 2.23. The fraction of sp³-hybridized carbons (Fsp3) is 0.900. The molecule has 1 N–H and O–H groups in total. The number of aliphatic hydroxyl groups is 1. The second-order valence-corrected chi connectivity index (χ2v) is 4.03. The lowest BCUT2D eigenvalue weighted by molar-refractivity contribution is 0.171. The Bertz CT molecular complexity index is 185. The SMILES string of the molecule is CC1CCC(C(C)CO)C1C#N. The molecule has 0 aromatic heterocycles. The van der Waals surface area contributed by atoms with Crippen molar-refractivity contribution in [2.75, 3.05) is 6.61 Å². The number of rotatable bonds is 2. The summed E-state index contributed by atoms with van der Waals surface area (Å²) in [5.41, 5.74) is 0. The van der Waals surface area contributed by atoms with Gasteiger partial charge in [0.15, 0.2) is 0 Å². The van der Waals surface area contributed by atoms with Crippen LogP contribution in [0, 0.1) is 35.0 Å². The number of nitrogens with zero attached hydrogens (tertiary/aromatic N) is 1. The van der Waals surface area contributed by atoms with Crippen LogP contribution >= 0.6 is 0 Å². The van der Waals surface area contributed by atoms with Crippen LogP contribution in [0.3, 0.4) is 0 Å². The van der Waals surface area contributed by atoms with Gasteiger partial charge < -0.3 is 5.11 Å². The first-order chi connectivity index (χ1) is 5.70. The highest BCUT2D eigenvalue weighted by Crippen LogP contribution is 2.40. The fourth-order valence-corrected chi connectivity index (χ4v) is 2.23.